The minimum absolute atomic E-state index is 0.0251. The van der Waals surface area contributed by atoms with Gasteiger partial charge in [-0.25, -0.2) is 22.9 Å². The number of carbonyl (C=O) groups excluding carboxylic acids is 1. The molecule has 2 aliphatic heterocycles. The highest BCUT2D eigenvalue weighted by Gasteiger charge is 2.50. The summed E-state index contributed by atoms with van der Waals surface area (Å²) in [6, 6.07) is 3.09. The molecule has 5 rings (SSSR count). The van der Waals surface area contributed by atoms with Crippen molar-refractivity contribution in [2.24, 2.45) is 10.4 Å². The highest BCUT2D eigenvalue weighted by molar-refractivity contribution is 7.11. The maximum atomic E-state index is 14.8. The predicted octanol–water partition coefficient (Wildman–Crippen LogP) is 4.05. The van der Waals surface area contributed by atoms with E-state index >= 15 is 0 Å². The summed E-state index contributed by atoms with van der Waals surface area (Å²) in [4.78, 5) is 35.6. The number of aliphatic carboxylic acids is 1. The first kappa shape index (κ1) is 30.2. The highest BCUT2D eigenvalue weighted by Crippen LogP contribution is 2.45. The number of carbonyl (C=O) groups is 2. The van der Waals surface area contributed by atoms with Crippen LogP contribution in [0.2, 0.25) is 0 Å². The number of esters is 1. The van der Waals surface area contributed by atoms with Gasteiger partial charge in [0.2, 0.25) is 0 Å². The molecule has 0 amide bonds. The highest BCUT2D eigenvalue weighted by atomic mass is 32.1. The van der Waals surface area contributed by atoms with Crippen molar-refractivity contribution in [1.29, 1.82) is 0 Å². The molecule has 1 aliphatic carbocycles. The Morgan fingerprint density at radius 3 is 2.76 bits per heavy atom. The number of ether oxygens (including phenoxy) is 1. The monoisotopic (exact) mass is 605 g/mol. The Morgan fingerprint density at radius 2 is 2.10 bits per heavy atom. The fourth-order valence-corrected chi connectivity index (χ4v) is 6.20. The molecule has 9 nitrogen and oxygen atoms in total. The van der Waals surface area contributed by atoms with E-state index in [4.69, 9.17) is 9.73 Å². The number of hydrogen-bond acceptors (Lipinski definition) is 9. The van der Waals surface area contributed by atoms with E-state index < -0.39 is 47.7 Å². The summed E-state index contributed by atoms with van der Waals surface area (Å²) in [6.45, 7) is 3.50. The lowest BCUT2D eigenvalue weighted by atomic mass is 9.92. The number of alkyl halides is 2. The predicted molar refractivity (Wildman–Crippen MR) is 151 cm³/mol. The largest absolute Gasteiger partial charge is 0.481 e. The van der Waals surface area contributed by atoms with E-state index in [1.807, 2.05) is 0 Å². The van der Waals surface area contributed by atoms with E-state index in [1.54, 1.807) is 42.5 Å². The van der Waals surface area contributed by atoms with Crippen LogP contribution >= 0.6 is 11.3 Å². The molecule has 3 aliphatic rings. The molecule has 226 valence electrons. The summed E-state index contributed by atoms with van der Waals surface area (Å²) in [5, 5.41) is 18.0. The van der Waals surface area contributed by atoms with E-state index in [0.717, 1.165) is 0 Å². The Bertz CT molecular complexity index is 1390. The van der Waals surface area contributed by atoms with Crippen LogP contribution in [-0.4, -0.2) is 77.5 Å². The van der Waals surface area contributed by atoms with E-state index in [2.05, 4.69) is 15.6 Å². The number of carboxylic acid groups (broad SMARTS) is 1. The Hall–Kier alpha value is -3.29. The van der Waals surface area contributed by atoms with Crippen LogP contribution in [0.3, 0.4) is 0 Å². The Kier molecular flexibility index (Phi) is 8.72. The number of likely N-dealkylation sites (tertiary alicyclic amines) is 1. The molecule has 3 N–H and O–H groups in total. The fourth-order valence-electron chi connectivity index (χ4n) is 5.61. The average molecular weight is 606 g/mol. The zero-order valence-corrected chi connectivity index (χ0v) is 24.3. The summed E-state index contributed by atoms with van der Waals surface area (Å²) in [7, 11) is 0. The number of nitrogens with zero attached hydrogens (tertiary/aromatic N) is 3. The van der Waals surface area contributed by atoms with E-state index in [1.165, 1.54) is 17.4 Å². The molecule has 1 aromatic heterocycles. The van der Waals surface area contributed by atoms with Crippen LogP contribution in [-0.2, 0) is 14.3 Å². The van der Waals surface area contributed by atoms with Gasteiger partial charge in [-0.15, -0.1) is 11.3 Å². The number of rotatable bonds is 12. The molecule has 2 atom stereocenters. The van der Waals surface area contributed by atoms with Gasteiger partial charge in [-0.1, -0.05) is 12.1 Å². The molecule has 2 aromatic rings. The quantitative estimate of drug-likeness (QED) is 0.245. The second-order valence-corrected chi connectivity index (χ2v) is 12.0. The zero-order chi connectivity index (χ0) is 30.1. The van der Waals surface area contributed by atoms with Gasteiger partial charge in [0.15, 0.2) is 10.8 Å². The second kappa shape index (κ2) is 12.1. The number of thiazole rings is 1. The van der Waals surface area contributed by atoms with Crippen molar-refractivity contribution in [1.82, 2.24) is 20.5 Å². The second-order valence-electron chi connectivity index (χ2n) is 11.1. The van der Waals surface area contributed by atoms with Gasteiger partial charge in [0.05, 0.1) is 24.1 Å². The van der Waals surface area contributed by atoms with Crippen LogP contribution in [0, 0.1) is 18.2 Å². The van der Waals surface area contributed by atoms with Crippen molar-refractivity contribution in [3.63, 3.8) is 0 Å². The molecule has 1 aromatic carbocycles. The SMILES string of the molecule is CCOC(=O)C1=C(CN2CC(F)(F)C[C@@H]2CCNCC2(C(=O)O)CC2)NC(c2nccs2)=N[C@H]1c1cccc(F)c1C. The Morgan fingerprint density at radius 1 is 1.31 bits per heavy atom. The summed E-state index contributed by atoms with van der Waals surface area (Å²) >= 11 is 1.32. The normalized spacial score (nSPS) is 22.9. The lowest BCUT2D eigenvalue weighted by Crippen LogP contribution is -2.42. The molecule has 13 heteroatoms. The van der Waals surface area contributed by atoms with Gasteiger partial charge >= 0.3 is 11.9 Å². The number of amidine groups is 1. The third kappa shape index (κ3) is 6.37. The van der Waals surface area contributed by atoms with Gasteiger partial charge in [0.1, 0.15) is 11.9 Å². The lowest BCUT2D eigenvalue weighted by molar-refractivity contribution is -0.143. The zero-order valence-electron chi connectivity index (χ0n) is 23.5. The topological polar surface area (TPSA) is 116 Å². The van der Waals surface area contributed by atoms with Gasteiger partial charge in [0, 0.05) is 42.8 Å². The number of aromatic nitrogens is 1. The number of halogens is 3. The maximum absolute atomic E-state index is 14.8. The first-order valence-electron chi connectivity index (χ1n) is 14.0. The Labute approximate surface area is 245 Å². The molecule has 42 heavy (non-hydrogen) atoms. The molecule has 0 bridgehead atoms. The van der Waals surface area contributed by atoms with Crippen LogP contribution in [0.4, 0.5) is 13.2 Å². The van der Waals surface area contributed by atoms with Crippen LogP contribution in [0.5, 0.6) is 0 Å². The third-order valence-corrected chi connectivity index (χ3v) is 8.91. The van der Waals surface area contributed by atoms with E-state index in [0.29, 0.717) is 60.0 Å². The number of nitrogens with one attached hydrogen (secondary N) is 2. The molecule has 2 fully saturated rings. The van der Waals surface area contributed by atoms with Crippen molar-refractivity contribution in [2.75, 3.05) is 32.8 Å². The van der Waals surface area contributed by atoms with Gasteiger partial charge in [-0.2, -0.15) is 0 Å². The first-order chi connectivity index (χ1) is 20.0. The maximum Gasteiger partial charge on any atom is 0.338 e. The standard InChI is InChI=1S/C29H34F3N5O4S/c1-3-41-26(38)22-21(14-37-16-29(31,32)13-18(37)7-10-33-15-28(8-9-28)27(39)40)35-24(25-34-11-12-42-25)36-23(22)19-5-4-6-20(30)17(19)2/h4-6,11-12,18,23,33H,3,7-10,13-16H2,1-2H3,(H,35,36)(H,39,40)/t18-,23-/m0/s1. The molecule has 0 unspecified atom stereocenters. The molecular formula is C29H34F3N5O4S. The minimum Gasteiger partial charge on any atom is -0.481 e. The van der Waals surface area contributed by atoms with Crippen LogP contribution in [0.15, 0.2) is 46.0 Å². The van der Waals surface area contributed by atoms with Crippen LogP contribution in [0.1, 0.15) is 54.8 Å². The third-order valence-electron chi connectivity index (χ3n) is 8.13. The average Bonchev–Trinajstić information content (AvgIpc) is 3.41. The number of hydrogen-bond donors (Lipinski definition) is 3. The lowest BCUT2D eigenvalue weighted by Gasteiger charge is -2.31. The van der Waals surface area contributed by atoms with E-state index in [9.17, 15) is 27.9 Å². The number of carboxylic acids is 1. The van der Waals surface area contributed by atoms with Crippen LogP contribution in [0.25, 0.3) is 0 Å². The summed E-state index contributed by atoms with van der Waals surface area (Å²) in [6.07, 6.45) is 2.83. The molecule has 1 saturated heterocycles. The van der Waals surface area contributed by atoms with E-state index in [-0.39, 0.29) is 25.1 Å². The summed E-state index contributed by atoms with van der Waals surface area (Å²) in [5.74, 6) is -4.54. The smallest absolute Gasteiger partial charge is 0.338 e. The summed E-state index contributed by atoms with van der Waals surface area (Å²) < 4.78 is 49.6. The van der Waals surface area contributed by atoms with Gasteiger partial charge in [0.25, 0.3) is 5.92 Å². The van der Waals surface area contributed by atoms with Crippen molar-refractivity contribution < 1.29 is 32.6 Å². The van der Waals surface area contributed by atoms with Gasteiger partial charge < -0.3 is 20.5 Å². The molecule has 1 saturated carbocycles. The molecule has 0 radical (unpaired) electrons. The summed E-state index contributed by atoms with van der Waals surface area (Å²) in [5.41, 5.74) is 0.515. The fraction of sp³-hybridized carbons (Fsp3) is 0.517. The van der Waals surface area contributed by atoms with Crippen molar-refractivity contribution >= 4 is 29.1 Å². The molecular weight excluding hydrogens is 571 g/mol. The number of benzene rings is 1. The van der Waals surface area contributed by atoms with Crippen molar-refractivity contribution in [3.8, 4) is 0 Å². The Balaban J connectivity index is 1.45. The van der Waals surface area contributed by atoms with Gasteiger partial charge in [-0.3, -0.25) is 14.7 Å². The van der Waals surface area contributed by atoms with Gasteiger partial charge in [-0.05, 0) is 56.8 Å². The van der Waals surface area contributed by atoms with Crippen molar-refractivity contribution in [2.45, 2.75) is 57.5 Å². The van der Waals surface area contributed by atoms with Crippen molar-refractivity contribution in [3.05, 3.63) is 63.0 Å². The minimum atomic E-state index is -2.94. The molecule has 0 spiro atoms. The first-order valence-corrected chi connectivity index (χ1v) is 14.9. The molecule has 3 heterocycles. The number of aliphatic imine (C=N–C) groups is 1. The van der Waals surface area contributed by atoms with Crippen LogP contribution < -0.4 is 10.6 Å².